The van der Waals surface area contributed by atoms with E-state index >= 15 is 0 Å². The van der Waals surface area contributed by atoms with Crippen molar-refractivity contribution < 1.29 is 65.7 Å². The van der Waals surface area contributed by atoms with Gasteiger partial charge >= 0.3 is 12.1 Å². The van der Waals surface area contributed by atoms with E-state index in [1.165, 1.54) is 66.6 Å². The Kier molecular flexibility index (Phi) is 21.0. The number of ether oxygens (including phenoxy) is 5. The predicted octanol–water partition coefficient (Wildman–Crippen LogP) is 5.87. The van der Waals surface area contributed by atoms with Gasteiger partial charge in [-0.1, -0.05) is 77.8 Å². The van der Waals surface area contributed by atoms with E-state index in [1.54, 1.807) is 45.2 Å². The van der Waals surface area contributed by atoms with E-state index in [2.05, 4.69) is 10.6 Å². The molecule has 0 saturated carbocycles. The second-order valence-corrected chi connectivity index (χ2v) is 22.6. The fourth-order valence-corrected chi connectivity index (χ4v) is 11.7. The second-order valence-electron chi connectivity index (χ2n) is 17.5. The number of fused-ring (bicyclic) bond motifs is 5. The molecule has 9 unspecified atom stereocenters. The average Bonchev–Trinajstić information content (AvgIpc) is 3.97. The van der Waals surface area contributed by atoms with Crippen molar-refractivity contribution in [2.75, 3.05) is 46.0 Å². The number of anilines is 1. The number of hydrogen-bond acceptors (Lipinski definition) is 15. The molecule has 0 aliphatic carbocycles. The minimum absolute atomic E-state index is 0.0350. The van der Waals surface area contributed by atoms with E-state index in [-0.39, 0.29) is 42.4 Å². The maximum atomic E-state index is 14.3. The van der Waals surface area contributed by atoms with Gasteiger partial charge in [-0.25, -0.2) is 9.59 Å². The molecule has 1 aromatic rings. The molecule has 1 aromatic carbocycles. The monoisotopic (exact) mass is 1020 g/mol. The number of amides is 4. The fourth-order valence-electron chi connectivity index (χ4n) is 7.78. The zero-order valence-electron chi connectivity index (χ0n) is 40.7. The Morgan fingerprint density at radius 3 is 2.45 bits per heavy atom. The van der Waals surface area contributed by atoms with Crippen molar-refractivity contribution in [2.24, 2.45) is 5.92 Å². The molecule has 18 nitrogen and oxygen atoms in total. The van der Waals surface area contributed by atoms with E-state index in [9.17, 15) is 42.0 Å². The third-order valence-electron chi connectivity index (χ3n) is 12.1. The summed E-state index contributed by atoms with van der Waals surface area (Å²) in [6, 6.07) is 2.43. The summed E-state index contributed by atoms with van der Waals surface area (Å²) in [5.74, 6) is -2.49. The maximum Gasteiger partial charge on any atom is 0.409 e. The smallest absolute Gasteiger partial charge is 0.409 e. The molecule has 4 N–H and O–H groups in total. The number of nitrogens with one attached hydrogen (secondary N) is 2. The topological polar surface area (TPSA) is 240 Å². The van der Waals surface area contributed by atoms with Gasteiger partial charge in [0.15, 0.2) is 11.0 Å². The van der Waals surface area contributed by atoms with Gasteiger partial charge in [0.1, 0.15) is 40.7 Å². The molecular weight excluding hydrogens is 952 g/mol. The third kappa shape index (κ3) is 15.0. The summed E-state index contributed by atoms with van der Waals surface area (Å²) in [7, 11) is 5.27. The van der Waals surface area contributed by atoms with Gasteiger partial charge in [-0.15, -0.1) is 0 Å². The van der Waals surface area contributed by atoms with Crippen LogP contribution in [0, 0.1) is 5.92 Å². The van der Waals surface area contributed by atoms with E-state index in [4.69, 9.17) is 35.3 Å². The van der Waals surface area contributed by atoms with Crippen molar-refractivity contribution in [1.29, 1.82) is 0 Å². The summed E-state index contributed by atoms with van der Waals surface area (Å²) in [6.45, 7) is 14.7. The number of aliphatic hydroxyl groups is 1. The van der Waals surface area contributed by atoms with Crippen molar-refractivity contribution in [2.45, 2.75) is 146 Å². The van der Waals surface area contributed by atoms with Crippen LogP contribution in [0.3, 0.4) is 0 Å². The summed E-state index contributed by atoms with van der Waals surface area (Å²) in [4.78, 5) is 69.4. The first-order valence-corrected chi connectivity index (χ1v) is 26.2. The Morgan fingerprint density at radius 2 is 1.85 bits per heavy atom. The van der Waals surface area contributed by atoms with Crippen LogP contribution in [0.4, 0.5) is 10.5 Å². The normalized spacial score (nSPS) is 27.8. The number of esters is 1. The van der Waals surface area contributed by atoms with Crippen LogP contribution in [0.25, 0.3) is 0 Å². The number of allylic oxidation sites excluding steroid dienone is 3. The Bertz CT molecular complexity index is 2130. The molecule has 2 saturated heterocycles. The van der Waals surface area contributed by atoms with Gasteiger partial charge < -0.3 is 43.9 Å². The number of halogens is 1. The van der Waals surface area contributed by atoms with Crippen LogP contribution in [0.5, 0.6) is 5.75 Å². The zero-order valence-corrected chi connectivity index (χ0v) is 43.9. The van der Waals surface area contributed by atoms with Gasteiger partial charge in [0.05, 0.1) is 25.3 Å². The Morgan fingerprint density at radius 1 is 1.19 bits per heavy atom. The number of nitrogens with zero attached hydrogens (tertiary/aromatic N) is 2. The van der Waals surface area contributed by atoms with Crippen LogP contribution >= 0.6 is 33.2 Å². The predicted molar refractivity (Wildman–Crippen MR) is 260 cm³/mol. The molecule has 4 bridgehead atoms. The van der Waals surface area contributed by atoms with Crippen molar-refractivity contribution in [3.8, 4) is 5.75 Å². The van der Waals surface area contributed by atoms with Gasteiger partial charge in [0.2, 0.25) is 17.7 Å². The quantitative estimate of drug-likeness (QED) is 0.0528. The first-order chi connectivity index (χ1) is 31.2. The highest BCUT2D eigenvalue weighted by Crippen LogP contribution is 2.49. The van der Waals surface area contributed by atoms with Gasteiger partial charge in [-0.3, -0.25) is 24.3 Å². The van der Waals surface area contributed by atoms with E-state index in [0.29, 0.717) is 24.3 Å². The van der Waals surface area contributed by atoms with Crippen molar-refractivity contribution >= 4 is 78.8 Å². The number of carbonyl (C=O) groups excluding carboxylic acids is 5. The largest absolute Gasteiger partial charge is 0.495 e. The highest BCUT2D eigenvalue weighted by atomic mass is 35.5. The van der Waals surface area contributed by atoms with Gasteiger partial charge in [-0.05, 0) is 71.6 Å². The molecule has 22 heteroatoms. The average molecular weight is 1020 g/mol. The molecule has 9 atom stereocenters. The van der Waals surface area contributed by atoms with Gasteiger partial charge in [-0.2, -0.15) is 8.42 Å². The van der Waals surface area contributed by atoms with Crippen LogP contribution < -0.4 is 20.3 Å². The van der Waals surface area contributed by atoms with E-state index < -0.39 is 91.7 Å². The number of epoxide rings is 1. The van der Waals surface area contributed by atoms with Crippen molar-refractivity contribution in [1.82, 2.24) is 15.5 Å². The van der Waals surface area contributed by atoms with Crippen molar-refractivity contribution in [3.05, 3.63) is 46.5 Å². The maximum absolute atomic E-state index is 14.3. The van der Waals surface area contributed by atoms with Crippen LogP contribution in [0.2, 0.25) is 5.02 Å². The zero-order chi connectivity index (χ0) is 50.8. The molecule has 4 rings (SSSR count). The number of hydrogen-bond donors (Lipinski definition) is 4. The molecule has 0 aromatic heterocycles. The lowest BCUT2D eigenvalue weighted by molar-refractivity contribution is -0.162. The number of carbonyl (C=O) groups is 5. The summed E-state index contributed by atoms with van der Waals surface area (Å²) in [5, 5.41) is 15.1. The molecule has 378 valence electrons. The highest BCUT2D eigenvalue weighted by molar-refractivity contribution is 8.77. The van der Waals surface area contributed by atoms with Gasteiger partial charge in [0.25, 0.3) is 10.1 Å². The van der Waals surface area contributed by atoms with Crippen LogP contribution in [-0.2, 0) is 54.7 Å². The summed E-state index contributed by atoms with van der Waals surface area (Å²) >= 11 is 6.79. The molecule has 2 fully saturated rings. The number of alkyl carbamates (subject to hydrolysis) is 1. The Labute approximate surface area is 408 Å². The van der Waals surface area contributed by atoms with Crippen molar-refractivity contribution in [3.63, 3.8) is 0 Å². The lowest BCUT2D eigenvalue weighted by atomic mass is 9.83. The van der Waals surface area contributed by atoms with Crippen LogP contribution in [0.1, 0.15) is 93.1 Å². The van der Waals surface area contributed by atoms with Gasteiger partial charge in [0, 0.05) is 57.5 Å². The fraction of sp³-hybridized carbons (Fsp3) is 0.667. The lowest BCUT2D eigenvalue weighted by Gasteiger charge is -2.42. The number of methoxy groups -OCH3 is 2. The number of rotatable bonds is 15. The Balaban J connectivity index is 0.00000587. The molecule has 0 radical (unpaired) electrons. The molecule has 4 amide bonds. The first kappa shape index (κ1) is 57.7. The third-order valence-corrected chi connectivity index (χ3v) is 17.0. The molecule has 3 aliphatic rings. The summed E-state index contributed by atoms with van der Waals surface area (Å²) in [5.41, 5.74) is -1.15. The molecule has 3 aliphatic heterocycles. The molecular formula is C45H69ClN4O14S3. The number of benzene rings is 1. The highest BCUT2D eigenvalue weighted by Gasteiger charge is 2.64. The SMILES string of the molecule is CC.CNC(=O)C(CCSSC(C)(C)CCC(=O)N(C)C(C)C(=O)OC1CC(=O)N(C)c2cc(cc(OC)c2Cl)C/C(C)=C/C=C/C(OC)C2(O)CC(OC(=O)N2)C(C)C2OC12C)S(=O)(=O)O. The van der Waals surface area contributed by atoms with Crippen LogP contribution in [0.15, 0.2) is 35.9 Å². The first-order valence-electron chi connectivity index (χ1n) is 22.0. The summed E-state index contributed by atoms with van der Waals surface area (Å²) < 4.78 is 61.7. The van der Waals surface area contributed by atoms with E-state index in [1.807, 2.05) is 40.7 Å². The lowest BCUT2D eigenvalue weighted by Crippen LogP contribution is -2.63. The summed E-state index contributed by atoms with van der Waals surface area (Å²) in [6.07, 6.45) is 0.722. The minimum Gasteiger partial charge on any atom is -0.495 e. The molecule has 67 heavy (non-hydrogen) atoms. The molecule has 0 spiro atoms. The Hall–Kier alpha value is -3.57. The standard InChI is InChI=1S/C43H63ClN4O14S3.C2H6/c1-24-13-12-14-32(59-11)43(54)23-30(60-40(53)46-43)25(2)37-42(6,62-37)33(22-35(50)48(9)28-20-27(19-24)21-29(58-10)36(28)44)61-39(52)26(3)47(8)34(49)15-17-41(4,5)64-63-18-16-31(38(51)45-7)65(55,56)57;1-2/h12-14,20-21,25-26,30-33,37,54H,15-19,22-23H2,1-11H3,(H,45,51)(H,46,53)(H,55,56,57);1-2H3/b14-12+,24-13+;. The second kappa shape index (κ2) is 24.3. The minimum atomic E-state index is -4.59. The van der Waals surface area contributed by atoms with E-state index in [0.717, 1.165) is 11.1 Å². The molecule has 3 heterocycles. The van der Waals surface area contributed by atoms with Crippen LogP contribution in [-0.4, -0.2) is 146 Å². The number of likely N-dealkylation sites (N-methyl/N-ethyl adjacent to an activating group) is 1.